The molecule has 1 fully saturated rings. The van der Waals surface area contributed by atoms with Crippen molar-refractivity contribution in [3.8, 4) is 5.75 Å². The molecule has 0 aromatic heterocycles. The number of likely N-dealkylation sites (tertiary alicyclic amines) is 1. The van der Waals surface area contributed by atoms with E-state index in [9.17, 15) is 57.8 Å². The van der Waals surface area contributed by atoms with Gasteiger partial charge in [0.1, 0.15) is 48.0 Å². The van der Waals surface area contributed by atoms with Crippen LogP contribution in [0.25, 0.3) is 0 Å². The van der Waals surface area contributed by atoms with Gasteiger partial charge in [-0.2, -0.15) is 25.3 Å². The van der Waals surface area contributed by atoms with Gasteiger partial charge >= 0.3 is 0 Å². The van der Waals surface area contributed by atoms with E-state index in [4.69, 9.17) is 22.9 Å². The second-order valence-corrected chi connectivity index (χ2v) is 17.9. The number of primary amides is 3. The minimum absolute atomic E-state index is 0.0424. The lowest BCUT2D eigenvalue weighted by Gasteiger charge is -2.30. The molecule has 384 valence electrons. The van der Waals surface area contributed by atoms with Gasteiger partial charge in [-0.05, 0) is 55.2 Å². The molecule has 26 heteroatoms. The Morgan fingerprint density at radius 2 is 1.28 bits per heavy atom. The Balaban J connectivity index is 2.34. The maximum Gasteiger partial charge on any atom is 0.246 e. The Kier molecular flexibility index (Phi) is 24.8. The van der Waals surface area contributed by atoms with Crippen molar-refractivity contribution in [2.75, 3.05) is 24.6 Å². The van der Waals surface area contributed by atoms with E-state index in [2.05, 4.69) is 62.5 Å². The molecule has 16 N–H and O–H groups in total. The molecule has 0 radical (unpaired) electrons. The molecule has 0 bridgehead atoms. The van der Waals surface area contributed by atoms with Crippen molar-refractivity contribution in [2.24, 2.45) is 34.8 Å². The summed E-state index contributed by atoms with van der Waals surface area (Å²) in [6.45, 7) is 6.61. The second-order valence-electron chi connectivity index (χ2n) is 17.2. The first-order chi connectivity index (χ1) is 32.4. The van der Waals surface area contributed by atoms with E-state index in [0.717, 1.165) is 0 Å². The molecule has 2 rings (SSSR count). The number of amides is 11. The molecule has 1 heterocycles. The molecule has 24 nitrogen and oxygen atoms in total. The maximum absolute atomic E-state index is 14.0. The smallest absolute Gasteiger partial charge is 0.246 e. The predicted molar refractivity (Wildman–Crippen MR) is 257 cm³/mol. The van der Waals surface area contributed by atoms with Crippen LogP contribution in [0, 0.1) is 11.8 Å². The van der Waals surface area contributed by atoms with Crippen molar-refractivity contribution >= 4 is 90.2 Å². The summed E-state index contributed by atoms with van der Waals surface area (Å²) in [6.07, 6.45) is -0.672. The first-order valence-corrected chi connectivity index (χ1v) is 23.7. The summed E-state index contributed by atoms with van der Waals surface area (Å²) in [5, 5.41) is 27.2. The van der Waals surface area contributed by atoms with Crippen LogP contribution in [-0.2, 0) is 59.2 Å². The molecule has 1 saturated heterocycles. The third-order valence-electron chi connectivity index (χ3n) is 11.1. The van der Waals surface area contributed by atoms with Crippen LogP contribution in [0.3, 0.4) is 0 Å². The molecule has 1 aromatic rings. The third kappa shape index (κ3) is 19.8. The molecule has 1 aliphatic heterocycles. The largest absolute Gasteiger partial charge is 0.508 e. The number of nitrogens with two attached hydrogens (primary N) is 4. The highest BCUT2D eigenvalue weighted by Crippen LogP contribution is 2.20. The van der Waals surface area contributed by atoms with Crippen LogP contribution < -0.4 is 60.2 Å². The van der Waals surface area contributed by atoms with Gasteiger partial charge in [-0.3, -0.25) is 52.7 Å². The molecule has 0 unspecified atom stereocenters. The summed E-state index contributed by atoms with van der Waals surface area (Å²) in [5.41, 5.74) is 22.4. The molecule has 0 spiro atoms. The van der Waals surface area contributed by atoms with Crippen molar-refractivity contribution < 1.29 is 57.8 Å². The molecule has 1 aromatic carbocycles. The Morgan fingerprint density at radius 3 is 1.83 bits per heavy atom. The first kappa shape index (κ1) is 59.0. The van der Waals surface area contributed by atoms with Gasteiger partial charge in [0.25, 0.3) is 0 Å². The highest BCUT2D eigenvalue weighted by Gasteiger charge is 2.40. The number of carbonyl (C=O) groups excluding carboxylic acids is 11. The number of aromatic hydroxyl groups is 1. The van der Waals surface area contributed by atoms with Gasteiger partial charge < -0.3 is 70.2 Å². The fraction of sp³-hybridized carbons (Fsp3) is 0.605. The molecule has 69 heavy (non-hydrogen) atoms. The quantitative estimate of drug-likeness (QED) is 0.0340. The van der Waals surface area contributed by atoms with Gasteiger partial charge in [0.05, 0.1) is 19.0 Å². The van der Waals surface area contributed by atoms with Crippen LogP contribution in [0.15, 0.2) is 24.3 Å². The minimum atomic E-state index is -1.76. The number of benzene rings is 1. The van der Waals surface area contributed by atoms with E-state index < -0.39 is 145 Å². The highest BCUT2D eigenvalue weighted by atomic mass is 32.1. The SMILES string of the molecule is CC[C@H](C)[C@H](NC(=O)[C@H](Cc1ccc(O)cc1)NC(=O)[C@@H](N)CS)C(=O)N[C@@H](CCC(N)=O)C(=O)N[C@@H](CC(N)=O)C(=O)N[C@@H](CS)C(=O)N1CCC[C@H]1C(=O)N[C@H](CC(C)C)C(=O)NCC(N)=O. The Labute approximate surface area is 411 Å². The van der Waals surface area contributed by atoms with Crippen LogP contribution in [0.2, 0.25) is 0 Å². The van der Waals surface area contributed by atoms with Crippen molar-refractivity contribution in [1.29, 1.82) is 0 Å². The van der Waals surface area contributed by atoms with E-state index in [1.807, 2.05) is 13.8 Å². The Hall–Kier alpha value is -6.15. The van der Waals surface area contributed by atoms with Crippen LogP contribution in [0.1, 0.15) is 78.2 Å². The summed E-state index contributed by atoms with van der Waals surface area (Å²) < 4.78 is 0. The first-order valence-electron chi connectivity index (χ1n) is 22.4. The molecule has 0 saturated carbocycles. The number of thiol groups is 2. The van der Waals surface area contributed by atoms with Crippen LogP contribution >= 0.6 is 25.3 Å². The Morgan fingerprint density at radius 1 is 0.696 bits per heavy atom. The van der Waals surface area contributed by atoms with E-state index in [-0.39, 0.29) is 49.0 Å². The maximum atomic E-state index is 14.0. The van der Waals surface area contributed by atoms with Gasteiger partial charge in [0.15, 0.2) is 0 Å². The number of carbonyl (C=O) groups is 11. The lowest BCUT2D eigenvalue weighted by molar-refractivity contribution is -0.142. The molecular weight excluding hydrogens is 941 g/mol. The standard InChI is InChI=1S/C43H68N12O12S2/c1-5-22(4)35(54-40(64)28(50-36(60)25(44)19-68)16-23-8-10-24(56)11-9-23)42(66)49-26(12-13-32(45)57)38(62)51-29(17-33(46)58)39(63)53-30(20-69)43(67)55-14-6-7-31(55)41(65)52-27(15-21(2)3)37(61)48-18-34(47)59/h8-11,21-22,25-31,35,56,68-69H,5-7,12-20,44H2,1-4H3,(H2,45,57)(H2,46,58)(H2,47,59)(H,48,61)(H,49,66)(H,50,60)(H,51,62)(H,52,65)(H,53,63)(H,54,64)/t22-,25-,26-,27+,28-,29-,30-,31-,35-/m0/s1. The number of hydrogen-bond acceptors (Lipinski definition) is 15. The van der Waals surface area contributed by atoms with Crippen LogP contribution in [0.5, 0.6) is 5.75 Å². The lowest BCUT2D eigenvalue weighted by Crippen LogP contribution is -2.61. The van der Waals surface area contributed by atoms with Crippen LogP contribution in [-0.4, -0.2) is 148 Å². The summed E-state index contributed by atoms with van der Waals surface area (Å²) >= 11 is 8.28. The minimum Gasteiger partial charge on any atom is -0.508 e. The van der Waals surface area contributed by atoms with Gasteiger partial charge in [-0.25, -0.2) is 0 Å². The average molecular weight is 1010 g/mol. The number of rotatable bonds is 29. The normalized spacial score (nSPS) is 16.8. The van der Waals surface area contributed by atoms with Gasteiger partial charge in [-0.1, -0.05) is 46.2 Å². The lowest BCUT2D eigenvalue weighted by atomic mass is 9.96. The van der Waals surface area contributed by atoms with Crippen LogP contribution in [0.4, 0.5) is 0 Å². The number of nitrogens with zero attached hydrogens (tertiary/aromatic N) is 1. The van der Waals surface area contributed by atoms with Crippen molar-refractivity contribution in [3.05, 3.63) is 29.8 Å². The molecular formula is C43H68N12O12S2. The molecule has 0 aliphatic carbocycles. The zero-order valence-corrected chi connectivity index (χ0v) is 40.9. The predicted octanol–water partition coefficient (Wildman–Crippen LogP) is -4.14. The number of phenols is 1. The van der Waals surface area contributed by atoms with Crippen molar-refractivity contribution in [3.63, 3.8) is 0 Å². The second kappa shape index (κ2) is 29.0. The molecule has 1 aliphatic rings. The van der Waals surface area contributed by atoms with Gasteiger partial charge in [-0.15, -0.1) is 0 Å². The summed E-state index contributed by atoms with van der Waals surface area (Å²) in [6, 6.07) is -4.84. The van der Waals surface area contributed by atoms with E-state index in [0.29, 0.717) is 18.4 Å². The number of hydrogen-bond donors (Lipinski definition) is 14. The fourth-order valence-electron chi connectivity index (χ4n) is 7.12. The third-order valence-corrected chi connectivity index (χ3v) is 11.9. The highest BCUT2D eigenvalue weighted by molar-refractivity contribution is 7.80. The van der Waals surface area contributed by atoms with Gasteiger partial charge in [0.2, 0.25) is 65.0 Å². The zero-order valence-electron chi connectivity index (χ0n) is 39.2. The topological polar surface area (TPSA) is 400 Å². The van der Waals surface area contributed by atoms with Crippen molar-refractivity contribution in [1.82, 2.24) is 42.1 Å². The number of nitrogens with one attached hydrogen (secondary N) is 7. The van der Waals surface area contributed by atoms with E-state index >= 15 is 0 Å². The fourth-order valence-corrected chi connectivity index (χ4v) is 7.54. The van der Waals surface area contributed by atoms with Crippen molar-refractivity contribution in [2.45, 2.75) is 127 Å². The van der Waals surface area contributed by atoms with E-state index in [1.54, 1.807) is 13.8 Å². The molecule has 9 atom stereocenters. The summed E-state index contributed by atoms with van der Waals surface area (Å²) in [4.78, 5) is 145. The number of phenolic OH excluding ortho intramolecular Hbond substituents is 1. The van der Waals surface area contributed by atoms with E-state index in [1.165, 1.54) is 29.2 Å². The summed E-state index contributed by atoms with van der Waals surface area (Å²) in [7, 11) is 0. The monoisotopic (exact) mass is 1010 g/mol. The average Bonchev–Trinajstić information content (AvgIpc) is 3.79. The molecule has 11 amide bonds. The zero-order chi connectivity index (χ0) is 52.1. The summed E-state index contributed by atoms with van der Waals surface area (Å²) in [5.74, 6) is -10.5. The Bertz CT molecular complexity index is 2010. The van der Waals surface area contributed by atoms with Gasteiger partial charge in [0, 0.05) is 30.9 Å².